The van der Waals surface area contributed by atoms with Crippen LogP contribution in [0, 0.1) is 5.92 Å². The van der Waals surface area contributed by atoms with Crippen LogP contribution in [-0.2, 0) is 6.54 Å². The highest BCUT2D eigenvalue weighted by Gasteiger charge is 2.10. The molecule has 16 heavy (non-hydrogen) atoms. The summed E-state index contributed by atoms with van der Waals surface area (Å²) < 4.78 is 25.7. The van der Waals surface area contributed by atoms with E-state index in [1.807, 2.05) is 6.92 Å². The van der Waals surface area contributed by atoms with Crippen molar-refractivity contribution in [3.05, 3.63) is 18.2 Å². The molecule has 1 aromatic rings. The average molecular weight is 233 g/mol. The van der Waals surface area contributed by atoms with Gasteiger partial charge in [-0.05, 0) is 18.9 Å². The summed E-state index contributed by atoms with van der Waals surface area (Å²) in [7, 11) is 0. The predicted molar refractivity (Wildman–Crippen MR) is 56.1 cm³/mol. The smallest absolute Gasteiger partial charge is 0.319 e. The van der Waals surface area contributed by atoms with Gasteiger partial charge in [-0.15, -0.1) is 0 Å². The highest BCUT2D eigenvalue weighted by atomic mass is 19.3. The second kappa shape index (κ2) is 6.55. The van der Waals surface area contributed by atoms with Gasteiger partial charge in [0.2, 0.25) is 0 Å². The number of rotatable bonds is 7. The van der Waals surface area contributed by atoms with Crippen LogP contribution in [0.25, 0.3) is 0 Å². The average Bonchev–Trinajstić information content (AvgIpc) is 2.66. The maximum atomic E-state index is 12.4. The largest absolute Gasteiger partial charge is 0.396 e. The molecule has 4 nitrogen and oxygen atoms in total. The molecule has 92 valence electrons. The fourth-order valence-electron chi connectivity index (χ4n) is 1.41. The van der Waals surface area contributed by atoms with E-state index in [9.17, 15) is 8.78 Å². The van der Waals surface area contributed by atoms with Crippen LogP contribution >= 0.6 is 0 Å². The molecule has 0 aliphatic rings. The monoisotopic (exact) mass is 233 g/mol. The Balaban J connectivity index is 2.34. The molecule has 0 bridgehead atoms. The first kappa shape index (κ1) is 13.1. The second-order valence-corrected chi connectivity index (χ2v) is 3.78. The van der Waals surface area contributed by atoms with Crippen LogP contribution in [0.1, 0.15) is 25.7 Å². The van der Waals surface area contributed by atoms with E-state index in [4.69, 9.17) is 5.11 Å². The molecule has 0 amide bonds. The molecule has 0 aliphatic heterocycles. The number of hydrogen-bond acceptors (Lipinski definition) is 3. The molecule has 1 atom stereocenters. The minimum absolute atomic E-state index is 0.147. The van der Waals surface area contributed by atoms with Gasteiger partial charge >= 0.3 is 6.55 Å². The number of imidazole rings is 1. The van der Waals surface area contributed by atoms with E-state index >= 15 is 0 Å². The fourth-order valence-corrected chi connectivity index (χ4v) is 1.41. The molecule has 0 saturated heterocycles. The second-order valence-electron chi connectivity index (χ2n) is 3.78. The van der Waals surface area contributed by atoms with E-state index in [0.29, 0.717) is 31.3 Å². The van der Waals surface area contributed by atoms with Crippen molar-refractivity contribution in [1.82, 2.24) is 14.9 Å². The summed E-state index contributed by atoms with van der Waals surface area (Å²) in [5, 5.41) is 11.7. The molecule has 0 aromatic carbocycles. The fraction of sp³-hybridized carbons (Fsp3) is 0.700. The first-order valence-electron chi connectivity index (χ1n) is 5.26. The van der Waals surface area contributed by atoms with Gasteiger partial charge in [0, 0.05) is 19.0 Å². The van der Waals surface area contributed by atoms with Gasteiger partial charge < -0.3 is 10.4 Å². The first-order chi connectivity index (χ1) is 7.65. The van der Waals surface area contributed by atoms with Crippen molar-refractivity contribution in [1.29, 1.82) is 0 Å². The summed E-state index contributed by atoms with van der Waals surface area (Å²) in [5.74, 6) is 0.645. The third-order valence-corrected chi connectivity index (χ3v) is 2.36. The Bertz CT molecular complexity index is 304. The van der Waals surface area contributed by atoms with Gasteiger partial charge in [-0.25, -0.2) is 4.98 Å². The Morgan fingerprint density at radius 2 is 2.31 bits per heavy atom. The van der Waals surface area contributed by atoms with Gasteiger partial charge in [-0.2, -0.15) is 8.78 Å². The quantitative estimate of drug-likeness (QED) is 0.748. The highest BCUT2D eigenvalue weighted by molar-refractivity contribution is 4.92. The summed E-state index contributed by atoms with van der Waals surface area (Å²) in [6.45, 7) is 0.579. The molecular weight excluding hydrogens is 216 g/mol. The van der Waals surface area contributed by atoms with Crippen LogP contribution in [0.4, 0.5) is 8.78 Å². The van der Waals surface area contributed by atoms with E-state index in [-0.39, 0.29) is 6.61 Å². The number of hydrogen-bond donors (Lipinski definition) is 2. The summed E-state index contributed by atoms with van der Waals surface area (Å²) in [5.41, 5.74) is 0. The molecule has 1 rings (SSSR count). The zero-order valence-corrected chi connectivity index (χ0v) is 9.24. The molecule has 6 heteroatoms. The summed E-state index contributed by atoms with van der Waals surface area (Å²) >= 11 is 0. The minimum Gasteiger partial charge on any atom is -0.396 e. The van der Waals surface area contributed by atoms with Crippen LogP contribution in [-0.4, -0.2) is 27.8 Å². The van der Waals surface area contributed by atoms with E-state index in [0.717, 1.165) is 4.57 Å². The molecule has 0 radical (unpaired) electrons. The minimum atomic E-state index is -2.55. The Labute approximate surface area is 93.3 Å². The predicted octanol–water partition coefficient (Wildman–Crippen LogP) is 1.39. The highest BCUT2D eigenvalue weighted by Crippen LogP contribution is 2.12. The standard InChI is InChI=1S/C10H17F2N3O/c1-8(2-5-16)6-13-7-9-14-3-4-15(9)10(11)12/h3-4,8,10,13,16H,2,5-7H2,1H3. The Morgan fingerprint density at radius 3 is 2.94 bits per heavy atom. The number of aliphatic hydroxyl groups excluding tert-OH is 1. The maximum absolute atomic E-state index is 12.4. The topological polar surface area (TPSA) is 50.1 Å². The van der Waals surface area contributed by atoms with Gasteiger partial charge in [-0.1, -0.05) is 6.92 Å². The number of aliphatic hydroxyl groups is 1. The van der Waals surface area contributed by atoms with Crippen LogP contribution in [0.15, 0.2) is 12.4 Å². The van der Waals surface area contributed by atoms with Crippen LogP contribution in [0.3, 0.4) is 0 Å². The van der Waals surface area contributed by atoms with Crippen molar-refractivity contribution in [3.63, 3.8) is 0 Å². The lowest BCUT2D eigenvalue weighted by Gasteiger charge is -2.11. The van der Waals surface area contributed by atoms with Crippen molar-refractivity contribution < 1.29 is 13.9 Å². The Morgan fingerprint density at radius 1 is 1.56 bits per heavy atom. The normalized spacial score (nSPS) is 13.3. The SMILES string of the molecule is CC(CCO)CNCc1nccn1C(F)F. The van der Waals surface area contributed by atoms with Crippen molar-refractivity contribution in [3.8, 4) is 0 Å². The van der Waals surface area contributed by atoms with Gasteiger partial charge in [0.1, 0.15) is 5.82 Å². The number of nitrogens with zero attached hydrogens (tertiary/aromatic N) is 2. The molecule has 1 aromatic heterocycles. The van der Waals surface area contributed by atoms with E-state index in [1.54, 1.807) is 0 Å². The number of aromatic nitrogens is 2. The van der Waals surface area contributed by atoms with Gasteiger partial charge in [-0.3, -0.25) is 4.57 Å². The van der Waals surface area contributed by atoms with E-state index in [2.05, 4.69) is 10.3 Å². The molecule has 0 saturated carbocycles. The molecule has 1 heterocycles. The zero-order chi connectivity index (χ0) is 12.0. The van der Waals surface area contributed by atoms with Crippen molar-refractivity contribution in [2.24, 2.45) is 5.92 Å². The van der Waals surface area contributed by atoms with Crippen molar-refractivity contribution >= 4 is 0 Å². The van der Waals surface area contributed by atoms with Crippen LogP contribution in [0.5, 0.6) is 0 Å². The van der Waals surface area contributed by atoms with Crippen molar-refractivity contribution in [2.45, 2.75) is 26.4 Å². The lowest BCUT2D eigenvalue weighted by Crippen LogP contribution is -2.23. The lowest BCUT2D eigenvalue weighted by molar-refractivity contribution is 0.0666. The molecule has 2 N–H and O–H groups in total. The molecular formula is C10H17F2N3O. The number of nitrogens with one attached hydrogen (secondary N) is 1. The van der Waals surface area contributed by atoms with Gasteiger partial charge in [0.25, 0.3) is 0 Å². The lowest BCUT2D eigenvalue weighted by atomic mass is 10.1. The third kappa shape index (κ3) is 3.86. The first-order valence-corrected chi connectivity index (χ1v) is 5.26. The summed E-state index contributed by atoms with van der Waals surface area (Å²) in [6.07, 6.45) is 3.33. The number of halogens is 2. The van der Waals surface area contributed by atoms with Crippen LogP contribution < -0.4 is 5.32 Å². The molecule has 0 spiro atoms. The molecule has 0 aliphatic carbocycles. The van der Waals surface area contributed by atoms with Gasteiger partial charge in [0.15, 0.2) is 0 Å². The van der Waals surface area contributed by atoms with E-state index in [1.165, 1.54) is 12.4 Å². The van der Waals surface area contributed by atoms with Crippen molar-refractivity contribution in [2.75, 3.05) is 13.2 Å². The van der Waals surface area contributed by atoms with E-state index < -0.39 is 6.55 Å². The number of alkyl halides is 2. The molecule has 0 fully saturated rings. The zero-order valence-electron chi connectivity index (χ0n) is 9.24. The van der Waals surface area contributed by atoms with Gasteiger partial charge in [0.05, 0.1) is 6.54 Å². The third-order valence-electron chi connectivity index (χ3n) is 2.36. The van der Waals surface area contributed by atoms with Crippen LogP contribution in [0.2, 0.25) is 0 Å². The summed E-state index contributed by atoms with van der Waals surface area (Å²) in [6, 6.07) is 0. The Hall–Kier alpha value is -1.01. The maximum Gasteiger partial charge on any atom is 0.319 e. The summed E-state index contributed by atoms with van der Waals surface area (Å²) in [4.78, 5) is 3.85. The Kier molecular flexibility index (Phi) is 5.34. The molecule has 1 unspecified atom stereocenters.